The smallest absolute Gasteiger partial charge is 0.261 e. The number of nitrogens with zero attached hydrogens (tertiary/aromatic N) is 2. The molecule has 2 aliphatic rings. The number of imide groups is 1. The molecule has 0 spiro atoms. The Morgan fingerprint density at radius 2 is 1.62 bits per heavy atom. The van der Waals surface area contributed by atoms with Crippen LogP contribution < -0.4 is 5.32 Å². The third-order valence-corrected chi connectivity index (χ3v) is 7.25. The molecule has 4 amide bonds. The lowest BCUT2D eigenvalue weighted by Gasteiger charge is -2.33. The third-order valence-electron chi connectivity index (χ3n) is 7.25. The van der Waals surface area contributed by atoms with Crippen LogP contribution in [0.4, 0.5) is 4.39 Å². The second-order valence-corrected chi connectivity index (χ2v) is 9.83. The van der Waals surface area contributed by atoms with Crippen LogP contribution >= 0.6 is 0 Å². The van der Waals surface area contributed by atoms with E-state index in [1.54, 1.807) is 41.3 Å². The van der Waals surface area contributed by atoms with Crippen molar-refractivity contribution in [3.05, 3.63) is 71.0 Å². The first-order valence-corrected chi connectivity index (χ1v) is 13.2. The zero-order valence-electron chi connectivity index (χ0n) is 21.2. The second-order valence-electron chi connectivity index (χ2n) is 9.83. The van der Waals surface area contributed by atoms with E-state index in [0.29, 0.717) is 17.5 Å². The van der Waals surface area contributed by atoms with Gasteiger partial charge in [-0.25, -0.2) is 4.39 Å². The highest BCUT2D eigenvalue weighted by Gasteiger charge is 2.35. The predicted octanol–water partition coefficient (Wildman–Crippen LogP) is 4.46. The molecule has 1 N–H and O–H groups in total. The summed E-state index contributed by atoms with van der Waals surface area (Å²) in [5.41, 5.74) is 1.48. The van der Waals surface area contributed by atoms with Crippen LogP contribution in [0, 0.1) is 5.82 Å². The van der Waals surface area contributed by atoms with Crippen molar-refractivity contribution in [1.29, 1.82) is 0 Å². The molecule has 1 heterocycles. The van der Waals surface area contributed by atoms with Gasteiger partial charge in [0.2, 0.25) is 11.8 Å². The molecule has 1 aliphatic heterocycles. The van der Waals surface area contributed by atoms with Gasteiger partial charge in [-0.05, 0) is 55.5 Å². The van der Waals surface area contributed by atoms with Crippen molar-refractivity contribution in [3.63, 3.8) is 0 Å². The maximum absolute atomic E-state index is 13.5. The third kappa shape index (κ3) is 6.24. The molecule has 0 aromatic heterocycles. The van der Waals surface area contributed by atoms with Gasteiger partial charge in [0.1, 0.15) is 11.9 Å². The van der Waals surface area contributed by atoms with E-state index < -0.39 is 6.04 Å². The molecule has 8 heteroatoms. The number of nitrogens with one attached hydrogen (secondary N) is 1. The summed E-state index contributed by atoms with van der Waals surface area (Å²) in [5, 5.41) is 3.13. The van der Waals surface area contributed by atoms with Gasteiger partial charge in [0.15, 0.2) is 0 Å². The van der Waals surface area contributed by atoms with E-state index in [1.165, 1.54) is 23.5 Å². The highest BCUT2D eigenvalue weighted by Crippen LogP contribution is 2.23. The molecule has 196 valence electrons. The second kappa shape index (κ2) is 12.1. The Kier molecular flexibility index (Phi) is 8.69. The number of carbonyl (C=O) groups is 4. The van der Waals surface area contributed by atoms with Gasteiger partial charge >= 0.3 is 0 Å². The normalized spacial score (nSPS) is 16.4. The van der Waals surface area contributed by atoms with Crippen LogP contribution in [0.1, 0.15) is 84.6 Å². The van der Waals surface area contributed by atoms with Gasteiger partial charge in [-0.3, -0.25) is 24.1 Å². The number of halogens is 1. The minimum absolute atomic E-state index is 0.0712. The average molecular weight is 508 g/mol. The van der Waals surface area contributed by atoms with Gasteiger partial charge in [-0.1, -0.05) is 50.5 Å². The van der Waals surface area contributed by atoms with Crippen LogP contribution in [0.2, 0.25) is 0 Å². The van der Waals surface area contributed by atoms with Crippen LogP contribution in [0.3, 0.4) is 0 Å². The number of hydrogen-bond acceptors (Lipinski definition) is 4. The van der Waals surface area contributed by atoms with Crippen molar-refractivity contribution in [2.75, 3.05) is 6.54 Å². The molecule has 2 aromatic rings. The van der Waals surface area contributed by atoms with Gasteiger partial charge < -0.3 is 10.2 Å². The molecule has 2 aromatic carbocycles. The summed E-state index contributed by atoms with van der Waals surface area (Å²) in [6, 6.07) is 12.0. The molecule has 7 nitrogen and oxygen atoms in total. The first-order valence-electron chi connectivity index (χ1n) is 13.2. The lowest BCUT2D eigenvalue weighted by molar-refractivity contribution is -0.142. The van der Waals surface area contributed by atoms with Crippen molar-refractivity contribution in [3.8, 4) is 0 Å². The Balaban J connectivity index is 1.43. The van der Waals surface area contributed by atoms with Gasteiger partial charge in [0, 0.05) is 25.6 Å². The Labute approximate surface area is 217 Å². The summed E-state index contributed by atoms with van der Waals surface area (Å²) >= 11 is 0. The lowest BCUT2D eigenvalue weighted by atomic mass is 9.95. The van der Waals surface area contributed by atoms with Crippen molar-refractivity contribution in [2.24, 2.45) is 0 Å². The summed E-state index contributed by atoms with van der Waals surface area (Å²) < 4.78 is 13.5. The highest BCUT2D eigenvalue weighted by molar-refractivity contribution is 6.21. The van der Waals surface area contributed by atoms with Crippen LogP contribution in [0.15, 0.2) is 48.5 Å². The number of rotatable bonds is 10. The van der Waals surface area contributed by atoms with E-state index in [-0.39, 0.29) is 61.4 Å². The molecule has 1 aliphatic carbocycles. The molecule has 0 radical (unpaired) electrons. The van der Waals surface area contributed by atoms with E-state index in [0.717, 1.165) is 31.2 Å². The van der Waals surface area contributed by atoms with E-state index >= 15 is 0 Å². The molecule has 1 saturated carbocycles. The fourth-order valence-corrected chi connectivity index (χ4v) is 5.22. The van der Waals surface area contributed by atoms with E-state index in [2.05, 4.69) is 5.32 Å². The fraction of sp³-hybridized carbons (Fsp3) is 0.448. The van der Waals surface area contributed by atoms with E-state index in [1.807, 2.05) is 6.92 Å². The zero-order chi connectivity index (χ0) is 26.4. The average Bonchev–Trinajstić information content (AvgIpc) is 3.15. The summed E-state index contributed by atoms with van der Waals surface area (Å²) in [6.07, 6.45) is 6.00. The summed E-state index contributed by atoms with van der Waals surface area (Å²) in [7, 11) is 0. The molecule has 4 rings (SSSR count). The number of benzene rings is 2. The van der Waals surface area contributed by atoms with Crippen LogP contribution in [-0.2, 0) is 16.1 Å². The Morgan fingerprint density at radius 1 is 1.00 bits per heavy atom. The topological polar surface area (TPSA) is 86.8 Å². The quantitative estimate of drug-likeness (QED) is 0.481. The molecule has 0 bridgehead atoms. The summed E-state index contributed by atoms with van der Waals surface area (Å²) in [6.45, 7) is 2.16. The number of carbonyl (C=O) groups excluding carboxylic acids is 4. The molecular formula is C29H34FN3O4. The Morgan fingerprint density at radius 3 is 2.22 bits per heavy atom. The number of amides is 4. The molecule has 1 fully saturated rings. The van der Waals surface area contributed by atoms with E-state index in [9.17, 15) is 23.6 Å². The first-order chi connectivity index (χ1) is 17.9. The van der Waals surface area contributed by atoms with Crippen molar-refractivity contribution in [1.82, 2.24) is 15.1 Å². The molecule has 0 saturated heterocycles. The van der Waals surface area contributed by atoms with E-state index in [4.69, 9.17) is 0 Å². The largest absolute Gasteiger partial charge is 0.352 e. The SMILES string of the molecule is CCC(C(=O)NC1CCCCC1)N(Cc1ccc(F)cc1)C(=O)CCCN1C(=O)c2ccccc2C1=O. The molecular weight excluding hydrogens is 473 g/mol. The fourth-order valence-electron chi connectivity index (χ4n) is 5.22. The number of fused-ring (bicyclic) bond motifs is 1. The maximum Gasteiger partial charge on any atom is 0.261 e. The van der Waals surface area contributed by atoms with Crippen LogP contribution in [0.5, 0.6) is 0 Å². The van der Waals surface area contributed by atoms with Crippen molar-refractivity contribution >= 4 is 23.6 Å². The number of hydrogen-bond donors (Lipinski definition) is 1. The Bertz CT molecular complexity index is 1110. The van der Waals surface area contributed by atoms with Crippen LogP contribution in [-0.4, -0.2) is 52.1 Å². The molecule has 1 unspecified atom stereocenters. The minimum Gasteiger partial charge on any atom is -0.352 e. The monoisotopic (exact) mass is 507 g/mol. The van der Waals surface area contributed by atoms with Gasteiger partial charge in [0.05, 0.1) is 11.1 Å². The lowest BCUT2D eigenvalue weighted by Crippen LogP contribution is -2.51. The Hall–Kier alpha value is -3.55. The first kappa shape index (κ1) is 26.5. The maximum atomic E-state index is 13.5. The van der Waals surface area contributed by atoms with Crippen LogP contribution in [0.25, 0.3) is 0 Å². The summed E-state index contributed by atoms with van der Waals surface area (Å²) in [4.78, 5) is 54.7. The zero-order valence-corrected chi connectivity index (χ0v) is 21.2. The predicted molar refractivity (Wildman–Crippen MR) is 137 cm³/mol. The van der Waals surface area contributed by atoms with Crippen molar-refractivity contribution in [2.45, 2.75) is 76.9 Å². The van der Waals surface area contributed by atoms with Gasteiger partial charge in [-0.2, -0.15) is 0 Å². The molecule has 37 heavy (non-hydrogen) atoms. The standard InChI is InChI=1S/C29H34FN3O4/c1-2-25(27(35)31-22-9-4-3-5-10-22)33(19-20-14-16-21(30)17-15-20)26(34)13-8-18-32-28(36)23-11-6-7-12-24(23)29(32)37/h6-7,11-12,14-17,22,25H,2-5,8-10,13,18-19H2,1H3,(H,31,35). The van der Waals surface area contributed by atoms with Crippen molar-refractivity contribution < 1.29 is 23.6 Å². The van der Waals surface area contributed by atoms with Gasteiger partial charge in [-0.15, -0.1) is 0 Å². The minimum atomic E-state index is -0.668. The summed E-state index contributed by atoms with van der Waals surface area (Å²) in [5.74, 6) is -1.49. The molecule has 1 atom stereocenters. The van der Waals surface area contributed by atoms with Gasteiger partial charge in [0.25, 0.3) is 11.8 Å². The highest BCUT2D eigenvalue weighted by atomic mass is 19.1.